The number of unbranched alkanes of at least 4 members (excludes halogenated alkanes) is 5. The molecule has 4 aliphatic rings. The van der Waals surface area contributed by atoms with Gasteiger partial charge in [-0.1, -0.05) is 38.7 Å². The maximum absolute atomic E-state index is 14.7. The number of nitrogens with zero attached hydrogens (tertiary/aromatic N) is 4. The molecule has 524 valence electrons. The van der Waals surface area contributed by atoms with E-state index in [4.69, 9.17) is 19.4 Å². The predicted molar refractivity (Wildman–Crippen MR) is 332 cm³/mol. The molecular weight excluding hydrogens is 1300 g/mol. The number of aliphatic hydroxyl groups is 8. The van der Waals surface area contributed by atoms with Crippen LogP contribution in [0.2, 0.25) is 0 Å². The number of hydrogen-bond donors (Lipinski definition) is 15. The number of aromatic hydroxyl groups is 1. The largest absolute Gasteiger partial charge is 1.00 e. The number of fused-ring (bicyclic) bond motifs is 2. The Bertz CT molecular complexity index is 3090. The first-order chi connectivity index (χ1) is 45.3. The maximum atomic E-state index is 14.7. The third-order valence-electron chi connectivity index (χ3n) is 17.0. The molecule has 0 aromatic heterocycles. The van der Waals surface area contributed by atoms with Crippen molar-refractivity contribution in [2.24, 2.45) is 11.7 Å². The van der Waals surface area contributed by atoms with Crippen molar-refractivity contribution in [2.45, 2.75) is 157 Å². The molecular formula is C61H85N10NaO23S. The van der Waals surface area contributed by atoms with Gasteiger partial charge < -0.3 is 117 Å². The van der Waals surface area contributed by atoms with E-state index in [-0.39, 0.29) is 53.0 Å². The van der Waals surface area contributed by atoms with Gasteiger partial charge >= 0.3 is 29.6 Å². The quantitative estimate of drug-likeness (QED) is 0.0123. The predicted octanol–water partition coefficient (Wildman–Crippen LogP) is -7.11. The van der Waals surface area contributed by atoms with Crippen molar-refractivity contribution in [2.75, 3.05) is 69.4 Å². The minimum atomic E-state index is -2.56. The van der Waals surface area contributed by atoms with E-state index in [1.807, 2.05) is 24.3 Å². The Balaban J connectivity index is 0.0000146. The third-order valence-corrected chi connectivity index (χ3v) is 17.4. The van der Waals surface area contributed by atoms with Crippen LogP contribution in [0.5, 0.6) is 17.2 Å². The number of nitrogens with one attached hydrogen (secondary N) is 5. The van der Waals surface area contributed by atoms with Gasteiger partial charge in [-0.3, -0.25) is 43.4 Å². The fourth-order valence-electron chi connectivity index (χ4n) is 11.7. The van der Waals surface area contributed by atoms with E-state index in [0.29, 0.717) is 42.6 Å². The summed E-state index contributed by atoms with van der Waals surface area (Å²) >= 11 is -0.0940. The van der Waals surface area contributed by atoms with Crippen LogP contribution in [-0.4, -0.2) is 242 Å². The summed E-state index contributed by atoms with van der Waals surface area (Å²) in [4.78, 5) is 120. The number of benzene rings is 3. The van der Waals surface area contributed by atoms with Gasteiger partial charge in [0, 0.05) is 88.7 Å². The van der Waals surface area contributed by atoms with Crippen LogP contribution in [0.4, 0.5) is 11.4 Å². The summed E-state index contributed by atoms with van der Waals surface area (Å²) in [5, 5.41) is 127. The van der Waals surface area contributed by atoms with Crippen molar-refractivity contribution in [1.29, 1.82) is 0 Å². The molecule has 3 aromatic rings. The fraction of sp³-hybridized carbons (Fsp3) is 0.574. The van der Waals surface area contributed by atoms with Gasteiger partial charge in [-0.25, -0.2) is 0 Å². The number of carbonyl (C=O) groups excluding carboxylic acids is 8. The average Bonchev–Trinajstić information content (AvgIpc) is 1.61. The molecule has 0 bridgehead atoms. The number of carbonyl (C=O) groups is 8. The van der Waals surface area contributed by atoms with Gasteiger partial charge in [0.15, 0.2) is 17.7 Å². The van der Waals surface area contributed by atoms with Crippen molar-refractivity contribution >= 4 is 71.0 Å². The molecule has 15 atom stereocenters. The maximum Gasteiger partial charge on any atom is 1.00 e. The number of anilines is 2. The number of ether oxygens (including phenoxy) is 2. The number of hydrogen-bond acceptors (Lipinski definition) is 26. The molecule has 4 heterocycles. The molecule has 14 unspecified atom stereocenters. The van der Waals surface area contributed by atoms with E-state index in [2.05, 4.69) is 45.8 Å². The van der Waals surface area contributed by atoms with Crippen LogP contribution >= 0.6 is 12.3 Å². The van der Waals surface area contributed by atoms with E-state index in [9.17, 15) is 89.6 Å². The smallest absolute Gasteiger partial charge is 0.691 e. The van der Waals surface area contributed by atoms with Crippen LogP contribution in [0.1, 0.15) is 93.7 Å². The van der Waals surface area contributed by atoms with Crippen molar-refractivity contribution in [1.82, 2.24) is 36.4 Å². The Morgan fingerprint density at radius 3 is 1.91 bits per heavy atom. The van der Waals surface area contributed by atoms with Gasteiger partial charge in [0.2, 0.25) is 41.4 Å². The standard InChI is InChI=1S/C61H86N10O23S.Na/c1-32-30-71-50(51(32)78)59(86)67-57(84)44(76)28-40(63-54(81)34-10-13-36(14-11-34)68-20-22-69(23-21-68)37-15-17-39(18-16-37)91-25-9-7-5-4-6-8-24-90-3)55(82)64-47(33(2)72)60(87)70-31-38(73)27-41(70)56(83)66-49(58(85)65-48(61(71)88)43(75)29-46(62)77)53(80)52(79)35-12-19-42(74)45(26-35)92-95-94-93-89;/h10-19,26,32-33,38,40-41,43-44,47-53,57,72-76,78-80,84,89H,4-9,20-25,27-31H2,1-3H3,(H2,62,77)(H,63,81)(H,64,82)(H,65,85)(H,66,83)(H,67,86);/q;+1/p-1/t32?,33?,38?,40-,41?,43?,44?,47?,48?,49?,50?,51?,52?,53?,57?;/m0./s1. The van der Waals surface area contributed by atoms with Gasteiger partial charge in [0.1, 0.15) is 60.3 Å². The van der Waals surface area contributed by atoms with E-state index >= 15 is 0 Å². The number of amides is 8. The van der Waals surface area contributed by atoms with Crippen molar-refractivity contribution < 1.29 is 142 Å². The number of methoxy groups -OCH3 is 1. The molecule has 16 N–H and O–H groups in total. The molecule has 7 rings (SSSR count). The average molecular weight is 1380 g/mol. The molecule has 0 saturated carbocycles. The molecule has 35 heteroatoms. The van der Waals surface area contributed by atoms with Gasteiger partial charge in [-0.05, 0) is 86.0 Å². The Labute approximate surface area is 579 Å². The monoisotopic (exact) mass is 1380 g/mol. The summed E-state index contributed by atoms with van der Waals surface area (Å²) in [6.07, 6.45) is -13.0. The Kier molecular flexibility index (Phi) is 30.4. The summed E-state index contributed by atoms with van der Waals surface area (Å²) in [6.45, 7) is 5.20. The topological polar surface area (TPSA) is 487 Å². The summed E-state index contributed by atoms with van der Waals surface area (Å²) in [6, 6.07) is 4.29. The fourth-order valence-corrected chi connectivity index (χ4v) is 12.0. The van der Waals surface area contributed by atoms with Crippen LogP contribution in [0.15, 0.2) is 66.7 Å². The Morgan fingerprint density at radius 1 is 0.719 bits per heavy atom. The Morgan fingerprint density at radius 2 is 1.30 bits per heavy atom. The third kappa shape index (κ3) is 20.9. The number of phenolic OH excluding ortho intramolecular Hbond substituents is 1. The summed E-state index contributed by atoms with van der Waals surface area (Å²) < 4.78 is 20.1. The SMILES string of the molecule is COCCCCCCCCOc1ccc(N2CCN(c3ccc(C(=O)N[C@H]4CC(O)C(O)NC(=O)C5C(O)C(C)CN5C(=O)C(C(O)CC(N)=O)NC(=O)C(C(O)C(O)c5ccc(O)c(OSOO[O-])c5)NC(=O)C5CC(O)CN5C(=O)C(C(C)O)NC4=O)cc3)CC2)cc1.[Na+]. The summed E-state index contributed by atoms with van der Waals surface area (Å²) in [5.74, 6) is -11.9. The van der Waals surface area contributed by atoms with E-state index in [1.54, 1.807) is 19.2 Å². The second kappa shape index (κ2) is 37.3. The zero-order valence-electron chi connectivity index (χ0n) is 53.5. The second-order valence-electron chi connectivity index (χ2n) is 23.9. The van der Waals surface area contributed by atoms with Crippen LogP contribution in [0.3, 0.4) is 0 Å². The number of piperazine rings is 1. The first-order valence-corrected chi connectivity index (χ1v) is 31.8. The van der Waals surface area contributed by atoms with Crippen LogP contribution < -0.4 is 85.9 Å². The summed E-state index contributed by atoms with van der Waals surface area (Å²) in [7, 11) is 1.71. The molecule has 4 saturated heterocycles. The number of primary amides is 1. The number of aliphatic hydroxyl groups excluding tert-OH is 8. The van der Waals surface area contributed by atoms with E-state index < -0.39 is 182 Å². The van der Waals surface area contributed by atoms with Crippen LogP contribution in [0.25, 0.3) is 0 Å². The number of phenols is 1. The Hall–Kier alpha value is -6.71. The van der Waals surface area contributed by atoms with E-state index in [1.165, 1.54) is 25.5 Å². The van der Waals surface area contributed by atoms with E-state index in [0.717, 1.165) is 81.0 Å². The molecule has 0 radical (unpaired) electrons. The molecule has 33 nitrogen and oxygen atoms in total. The van der Waals surface area contributed by atoms with Gasteiger partial charge in [-0.2, -0.15) is 0 Å². The zero-order valence-corrected chi connectivity index (χ0v) is 56.4. The molecule has 0 aliphatic carbocycles. The molecule has 0 spiro atoms. The minimum absolute atomic E-state index is 0. The number of rotatable bonds is 25. The minimum Gasteiger partial charge on any atom is -0.691 e. The molecule has 96 heavy (non-hydrogen) atoms. The normalized spacial score (nSPS) is 26.1. The second-order valence-corrected chi connectivity index (χ2v) is 24.4. The van der Waals surface area contributed by atoms with Crippen LogP contribution in [-0.2, 0) is 47.7 Å². The van der Waals surface area contributed by atoms with Crippen molar-refractivity contribution in [3.8, 4) is 17.2 Å². The van der Waals surface area contributed by atoms with Gasteiger partial charge in [0.05, 0.1) is 37.4 Å². The molecule has 8 amide bonds. The molecule has 3 aromatic carbocycles. The first-order valence-electron chi connectivity index (χ1n) is 31.1. The van der Waals surface area contributed by atoms with Gasteiger partial charge in [-0.15, -0.1) is 4.33 Å². The first kappa shape index (κ1) is 78.3. The molecule has 4 aliphatic heterocycles. The zero-order chi connectivity index (χ0) is 69.2. The summed E-state index contributed by atoms with van der Waals surface area (Å²) in [5.41, 5.74) is 6.77. The van der Waals surface area contributed by atoms with Crippen molar-refractivity contribution in [3.63, 3.8) is 0 Å². The van der Waals surface area contributed by atoms with Crippen LogP contribution in [0, 0.1) is 5.92 Å². The number of nitrogens with two attached hydrogens (primary N) is 1. The van der Waals surface area contributed by atoms with Crippen molar-refractivity contribution in [3.05, 3.63) is 77.9 Å². The van der Waals surface area contributed by atoms with Gasteiger partial charge in [0.25, 0.3) is 18.2 Å². The molecule has 4 fully saturated rings.